The number of Topliss-reactive ketones (excluding diaryl/α,β-unsaturated/α-hetero) is 2. The number of hydrogen-bond donors (Lipinski definition) is 1. The van der Waals surface area contributed by atoms with E-state index in [1.54, 1.807) is 0 Å². The van der Waals surface area contributed by atoms with Crippen molar-refractivity contribution < 1.29 is 14.7 Å². The summed E-state index contributed by atoms with van der Waals surface area (Å²) in [6.45, 7) is 9.90. The molecule has 23 heavy (non-hydrogen) atoms. The molecule has 3 heteroatoms. The Bertz CT molecular complexity index is 495. The molecule has 0 radical (unpaired) electrons. The lowest BCUT2D eigenvalue weighted by atomic mass is 9.49. The molecule has 0 saturated heterocycles. The highest BCUT2D eigenvalue weighted by Gasteiger charge is 2.53. The number of carbonyl (C=O) groups excluding carboxylic acids is 2. The van der Waals surface area contributed by atoms with Crippen LogP contribution in [0, 0.1) is 22.7 Å². The molecule has 2 fully saturated rings. The summed E-state index contributed by atoms with van der Waals surface area (Å²) in [6.07, 6.45) is 7.07. The first-order chi connectivity index (χ1) is 10.7. The van der Waals surface area contributed by atoms with Gasteiger partial charge in [-0.1, -0.05) is 19.4 Å². The van der Waals surface area contributed by atoms with Gasteiger partial charge in [0.1, 0.15) is 12.4 Å². The first-order valence-electron chi connectivity index (χ1n) is 9.04. The summed E-state index contributed by atoms with van der Waals surface area (Å²) in [7, 11) is 0. The number of aliphatic hydroxyl groups excluding tert-OH is 1. The van der Waals surface area contributed by atoms with E-state index >= 15 is 0 Å². The van der Waals surface area contributed by atoms with Gasteiger partial charge in [0.05, 0.1) is 0 Å². The zero-order valence-corrected chi connectivity index (χ0v) is 15.0. The summed E-state index contributed by atoms with van der Waals surface area (Å²) in [5.41, 5.74) is 0.807. The van der Waals surface area contributed by atoms with Gasteiger partial charge >= 0.3 is 0 Å². The first kappa shape index (κ1) is 18.4. The number of rotatable bonds is 6. The maximum Gasteiger partial charge on any atom is 0.164 e. The van der Waals surface area contributed by atoms with Crippen molar-refractivity contribution in [3.63, 3.8) is 0 Å². The Kier molecular flexibility index (Phi) is 5.50. The molecule has 0 spiro atoms. The fraction of sp³-hybridized carbons (Fsp3) is 0.800. The number of fused-ring (bicyclic) bond motifs is 1. The van der Waals surface area contributed by atoms with Crippen LogP contribution in [0.5, 0.6) is 0 Å². The Morgan fingerprint density at radius 3 is 2.65 bits per heavy atom. The number of hydrogen-bond acceptors (Lipinski definition) is 3. The summed E-state index contributed by atoms with van der Waals surface area (Å²) in [6, 6.07) is 0. The fourth-order valence-electron chi connectivity index (χ4n) is 4.92. The molecule has 130 valence electrons. The van der Waals surface area contributed by atoms with E-state index in [1.807, 2.05) is 13.8 Å². The smallest absolute Gasteiger partial charge is 0.164 e. The lowest BCUT2D eigenvalue weighted by molar-refractivity contribution is -0.146. The number of aliphatic hydroxyl groups is 1. The predicted molar refractivity (Wildman–Crippen MR) is 92.0 cm³/mol. The van der Waals surface area contributed by atoms with E-state index in [4.69, 9.17) is 0 Å². The molecule has 2 saturated carbocycles. The highest BCUT2D eigenvalue weighted by Crippen LogP contribution is 2.58. The third-order valence-corrected chi connectivity index (χ3v) is 6.68. The van der Waals surface area contributed by atoms with E-state index in [0.717, 1.165) is 44.9 Å². The normalized spacial score (nSPS) is 37.3. The predicted octanol–water partition coefficient (Wildman–Crippen LogP) is 4.09. The molecule has 0 heterocycles. The van der Waals surface area contributed by atoms with Gasteiger partial charge < -0.3 is 5.11 Å². The Morgan fingerprint density at radius 1 is 1.35 bits per heavy atom. The molecule has 0 unspecified atom stereocenters. The molecular weight excluding hydrogens is 288 g/mol. The van der Waals surface area contributed by atoms with Crippen molar-refractivity contribution in [1.29, 1.82) is 0 Å². The van der Waals surface area contributed by atoms with Gasteiger partial charge in [-0.05, 0) is 63.2 Å². The van der Waals surface area contributed by atoms with Crippen LogP contribution in [-0.4, -0.2) is 23.3 Å². The van der Waals surface area contributed by atoms with E-state index in [9.17, 15) is 14.7 Å². The van der Waals surface area contributed by atoms with Gasteiger partial charge in [0.25, 0.3) is 0 Å². The van der Waals surface area contributed by atoms with E-state index in [2.05, 4.69) is 13.5 Å². The molecule has 0 aromatic rings. The summed E-state index contributed by atoms with van der Waals surface area (Å²) >= 11 is 0. The highest BCUT2D eigenvalue weighted by atomic mass is 16.3. The standard InChI is InChI=1S/C20H32O3/c1-14(2)6-5-7-16-17(22)9-8-15-12-19(3,18(23)13-21)10-11-20(15,16)4/h15-16,21H,1,5-13H2,2-4H3/t15-,16-,19-,20-/m0/s1. The van der Waals surface area contributed by atoms with Gasteiger partial charge in [-0.2, -0.15) is 0 Å². The lowest BCUT2D eigenvalue weighted by Gasteiger charge is -2.54. The third-order valence-electron chi connectivity index (χ3n) is 6.68. The zero-order valence-electron chi connectivity index (χ0n) is 15.0. The van der Waals surface area contributed by atoms with Crippen molar-refractivity contribution in [2.24, 2.45) is 22.7 Å². The summed E-state index contributed by atoms with van der Waals surface area (Å²) in [4.78, 5) is 24.7. The second kappa shape index (κ2) is 6.88. The largest absolute Gasteiger partial charge is 0.389 e. The van der Waals surface area contributed by atoms with Gasteiger partial charge in [-0.3, -0.25) is 9.59 Å². The topological polar surface area (TPSA) is 54.4 Å². The molecular formula is C20H32O3. The van der Waals surface area contributed by atoms with Crippen molar-refractivity contribution in [3.05, 3.63) is 12.2 Å². The second-order valence-electron chi connectivity index (χ2n) is 8.46. The molecule has 0 aromatic heterocycles. The zero-order chi connectivity index (χ0) is 17.3. The van der Waals surface area contributed by atoms with E-state index in [0.29, 0.717) is 18.1 Å². The van der Waals surface area contributed by atoms with Crippen LogP contribution in [0.2, 0.25) is 0 Å². The Morgan fingerprint density at radius 2 is 2.04 bits per heavy atom. The van der Waals surface area contributed by atoms with Crippen LogP contribution in [0.4, 0.5) is 0 Å². The van der Waals surface area contributed by atoms with Crippen LogP contribution in [0.25, 0.3) is 0 Å². The first-order valence-corrected chi connectivity index (χ1v) is 9.04. The average molecular weight is 320 g/mol. The van der Waals surface area contributed by atoms with Crippen LogP contribution in [0.3, 0.4) is 0 Å². The Balaban J connectivity index is 2.13. The van der Waals surface area contributed by atoms with Gasteiger partial charge in [0, 0.05) is 17.8 Å². The van der Waals surface area contributed by atoms with Gasteiger partial charge in [0.2, 0.25) is 0 Å². The maximum atomic E-state index is 12.6. The molecule has 0 aromatic carbocycles. The minimum absolute atomic E-state index is 0.0274. The minimum atomic E-state index is -0.401. The van der Waals surface area contributed by atoms with Gasteiger partial charge in [0.15, 0.2) is 5.78 Å². The average Bonchev–Trinajstić information content (AvgIpc) is 2.50. The number of carbonyl (C=O) groups is 2. The SMILES string of the molecule is C=C(C)CCC[C@H]1C(=O)CC[C@H]2C[C@@](C)(C(=O)CO)CC[C@@]21C. The van der Waals surface area contributed by atoms with Crippen molar-refractivity contribution in [2.75, 3.05) is 6.61 Å². The van der Waals surface area contributed by atoms with Crippen molar-refractivity contribution in [3.8, 4) is 0 Å². The summed E-state index contributed by atoms with van der Waals surface area (Å²) in [5, 5.41) is 9.26. The molecule has 0 bridgehead atoms. The lowest BCUT2D eigenvalue weighted by Crippen LogP contribution is -2.51. The molecule has 2 aliphatic carbocycles. The second-order valence-corrected chi connectivity index (χ2v) is 8.46. The number of allylic oxidation sites excluding steroid dienone is 1. The molecule has 0 amide bonds. The van der Waals surface area contributed by atoms with E-state index < -0.39 is 5.41 Å². The molecule has 2 aliphatic rings. The summed E-state index contributed by atoms with van der Waals surface area (Å²) in [5.74, 6) is 0.941. The maximum absolute atomic E-state index is 12.6. The molecule has 2 rings (SSSR count). The quantitative estimate of drug-likeness (QED) is 0.750. The van der Waals surface area contributed by atoms with Crippen LogP contribution in [0.1, 0.15) is 72.1 Å². The molecule has 0 aliphatic heterocycles. The fourth-order valence-corrected chi connectivity index (χ4v) is 4.92. The van der Waals surface area contributed by atoms with Crippen LogP contribution in [-0.2, 0) is 9.59 Å². The molecule has 1 N–H and O–H groups in total. The Labute approximate surface area is 140 Å². The van der Waals surface area contributed by atoms with E-state index in [1.165, 1.54) is 5.57 Å². The number of ketones is 2. The monoisotopic (exact) mass is 320 g/mol. The van der Waals surface area contributed by atoms with Crippen LogP contribution >= 0.6 is 0 Å². The van der Waals surface area contributed by atoms with E-state index in [-0.39, 0.29) is 23.7 Å². The summed E-state index contributed by atoms with van der Waals surface area (Å²) < 4.78 is 0. The Hall–Kier alpha value is -0.960. The van der Waals surface area contributed by atoms with Crippen LogP contribution in [0.15, 0.2) is 12.2 Å². The highest BCUT2D eigenvalue weighted by molar-refractivity contribution is 5.86. The minimum Gasteiger partial charge on any atom is -0.389 e. The van der Waals surface area contributed by atoms with Crippen LogP contribution < -0.4 is 0 Å². The van der Waals surface area contributed by atoms with Crippen molar-refractivity contribution in [1.82, 2.24) is 0 Å². The molecule has 3 nitrogen and oxygen atoms in total. The third kappa shape index (κ3) is 3.60. The van der Waals surface area contributed by atoms with Crippen molar-refractivity contribution >= 4 is 11.6 Å². The van der Waals surface area contributed by atoms with Gasteiger partial charge in [-0.25, -0.2) is 0 Å². The van der Waals surface area contributed by atoms with Gasteiger partial charge in [-0.15, -0.1) is 6.58 Å². The molecule has 4 atom stereocenters. The van der Waals surface area contributed by atoms with Crippen molar-refractivity contribution in [2.45, 2.75) is 72.1 Å².